The second-order valence-corrected chi connectivity index (χ2v) is 7.61. The molecule has 3 aromatic rings. The molecule has 1 amide bonds. The molecule has 30 heavy (non-hydrogen) atoms. The van der Waals surface area contributed by atoms with Crippen molar-refractivity contribution in [1.82, 2.24) is 20.1 Å². The molecule has 0 saturated carbocycles. The monoisotopic (exact) mass is 429 g/mol. The van der Waals surface area contributed by atoms with E-state index >= 15 is 0 Å². The lowest BCUT2D eigenvalue weighted by Gasteiger charge is -2.07. The van der Waals surface area contributed by atoms with Crippen LogP contribution in [0.2, 0.25) is 0 Å². The third-order valence-electron chi connectivity index (χ3n) is 4.31. The number of aromatic nitrogens is 3. The number of H-pyrrole nitrogens is 1. The Kier molecular flexibility index (Phi) is 6.68. The van der Waals surface area contributed by atoms with Crippen LogP contribution in [-0.2, 0) is 22.4 Å². The molecule has 2 aromatic heterocycles. The quantitative estimate of drug-likeness (QED) is 0.524. The number of esters is 1. The van der Waals surface area contributed by atoms with Gasteiger partial charge in [0.25, 0.3) is 11.5 Å². The number of rotatable bonds is 8. The predicted molar refractivity (Wildman–Crippen MR) is 115 cm³/mol. The zero-order valence-electron chi connectivity index (χ0n) is 17.0. The van der Waals surface area contributed by atoms with Gasteiger partial charge < -0.3 is 15.0 Å². The normalized spacial score (nSPS) is 10.6. The summed E-state index contributed by atoms with van der Waals surface area (Å²) < 4.78 is 5.91. The first-order chi connectivity index (χ1) is 14.4. The number of ether oxygens (including phenoxy) is 1. The molecule has 0 spiro atoms. The minimum atomic E-state index is -0.439. The van der Waals surface area contributed by atoms with E-state index in [-0.39, 0.29) is 17.9 Å². The van der Waals surface area contributed by atoms with E-state index in [1.807, 2.05) is 24.4 Å². The van der Waals surface area contributed by atoms with E-state index in [1.54, 1.807) is 35.6 Å². The molecular weight excluding hydrogens is 406 g/mol. The summed E-state index contributed by atoms with van der Waals surface area (Å²) in [6.45, 7) is 0.476. The number of benzene rings is 1. The van der Waals surface area contributed by atoms with Crippen molar-refractivity contribution < 1.29 is 14.3 Å². The Labute approximate surface area is 177 Å². The number of nitrogens with one attached hydrogen (secondary N) is 2. The molecule has 158 valence electrons. The average Bonchev–Trinajstić information content (AvgIpc) is 3.34. The summed E-state index contributed by atoms with van der Waals surface area (Å²) in [5.41, 5.74) is 2.14. The van der Waals surface area contributed by atoms with Gasteiger partial charge in [0.05, 0.1) is 24.9 Å². The van der Waals surface area contributed by atoms with Crippen LogP contribution in [-0.4, -0.2) is 54.4 Å². The Hall–Kier alpha value is -3.40. The molecule has 9 nitrogen and oxygen atoms in total. The standard InChI is InChI=1S/C20H23N5O4S/c1-24(2)20-22-14(12-30-20)8-9-21-19(28)13-4-6-16(7-5-13)25-17(26)10-15(23-25)11-18(27)29-3/h4-7,10,12,23H,8-9,11H2,1-3H3,(H,21,28). The molecule has 0 saturated heterocycles. The van der Waals surface area contributed by atoms with Crippen LogP contribution in [0, 0.1) is 0 Å². The van der Waals surface area contributed by atoms with Gasteiger partial charge in [0.15, 0.2) is 5.13 Å². The molecule has 0 aliphatic rings. The summed E-state index contributed by atoms with van der Waals surface area (Å²) in [5.74, 6) is -0.638. The summed E-state index contributed by atoms with van der Waals surface area (Å²) in [7, 11) is 5.17. The van der Waals surface area contributed by atoms with Crippen LogP contribution >= 0.6 is 11.3 Å². The van der Waals surface area contributed by atoms with E-state index < -0.39 is 5.97 Å². The molecule has 10 heteroatoms. The zero-order valence-corrected chi connectivity index (χ0v) is 17.8. The largest absolute Gasteiger partial charge is 0.469 e. The van der Waals surface area contributed by atoms with Crippen molar-refractivity contribution in [1.29, 1.82) is 0 Å². The highest BCUT2D eigenvalue weighted by Gasteiger charge is 2.11. The summed E-state index contributed by atoms with van der Waals surface area (Å²) >= 11 is 1.57. The van der Waals surface area contributed by atoms with Gasteiger partial charge in [-0.15, -0.1) is 11.3 Å². The van der Waals surface area contributed by atoms with Crippen LogP contribution in [0.3, 0.4) is 0 Å². The highest BCUT2D eigenvalue weighted by atomic mass is 32.1. The third-order valence-corrected chi connectivity index (χ3v) is 5.37. The summed E-state index contributed by atoms with van der Waals surface area (Å²) in [4.78, 5) is 42.3. The topological polar surface area (TPSA) is 109 Å². The van der Waals surface area contributed by atoms with Crippen molar-refractivity contribution in [2.45, 2.75) is 12.8 Å². The first kappa shape index (κ1) is 21.3. The summed E-state index contributed by atoms with van der Waals surface area (Å²) in [6, 6.07) is 7.96. The molecule has 1 aromatic carbocycles. The number of hydrogen-bond donors (Lipinski definition) is 2. The van der Waals surface area contributed by atoms with Crippen molar-refractivity contribution in [3.8, 4) is 5.69 Å². The molecular formula is C20H23N5O4S. The third kappa shape index (κ3) is 5.15. The average molecular weight is 430 g/mol. The van der Waals surface area contributed by atoms with Gasteiger partial charge in [0, 0.05) is 49.8 Å². The van der Waals surface area contributed by atoms with Crippen molar-refractivity contribution in [3.05, 3.63) is 63.0 Å². The molecule has 0 unspecified atom stereocenters. The molecule has 3 rings (SSSR count). The van der Waals surface area contributed by atoms with E-state index in [2.05, 4.69) is 20.1 Å². The Morgan fingerprint density at radius 3 is 2.63 bits per heavy atom. The molecule has 0 atom stereocenters. The number of hydrogen-bond acceptors (Lipinski definition) is 7. The highest BCUT2D eigenvalue weighted by molar-refractivity contribution is 7.13. The highest BCUT2D eigenvalue weighted by Crippen LogP contribution is 2.18. The van der Waals surface area contributed by atoms with Gasteiger partial charge in [-0.25, -0.2) is 9.67 Å². The van der Waals surface area contributed by atoms with Crippen LogP contribution < -0.4 is 15.8 Å². The second kappa shape index (κ2) is 9.40. The number of carbonyl (C=O) groups excluding carboxylic acids is 2. The van der Waals surface area contributed by atoms with E-state index in [0.29, 0.717) is 29.9 Å². The minimum Gasteiger partial charge on any atom is -0.469 e. The fourth-order valence-corrected chi connectivity index (χ4v) is 3.53. The lowest BCUT2D eigenvalue weighted by molar-refractivity contribution is -0.139. The molecule has 0 bridgehead atoms. The SMILES string of the molecule is COC(=O)Cc1cc(=O)n(-c2ccc(C(=O)NCCc3csc(N(C)C)n3)cc2)[nH]1. The number of anilines is 1. The first-order valence-electron chi connectivity index (χ1n) is 9.25. The maximum atomic E-state index is 12.4. The van der Waals surface area contributed by atoms with E-state index in [0.717, 1.165) is 10.8 Å². The van der Waals surface area contributed by atoms with Gasteiger partial charge in [0.2, 0.25) is 0 Å². The lowest BCUT2D eigenvalue weighted by atomic mass is 10.2. The molecule has 0 aliphatic carbocycles. The van der Waals surface area contributed by atoms with Crippen molar-refractivity contribution in [2.24, 2.45) is 0 Å². The Balaban J connectivity index is 1.59. The summed E-state index contributed by atoms with van der Waals surface area (Å²) in [6.07, 6.45) is 0.628. The van der Waals surface area contributed by atoms with Gasteiger partial charge in [-0.1, -0.05) is 0 Å². The number of amides is 1. The van der Waals surface area contributed by atoms with Crippen LogP contribution in [0.5, 0.6) is 0 Å². The van der Waals surface area contributed by atoms with E-state index in [1.165, 1.54) is 17.9 Å². The molecule has 2 N–H and O–H groups in total. The van der Waals surface area contributed by atoms with Gasteiger partial charge in [-0.05, 0) is 24.3 Å². The molecule has 0 aliphatic heterocycles. The Morgan fingerprint density at radius 1 is 1.27 bits per heavy atom. The van der Waals surface area contributed by atoms with Crippen molar-refractivity contribution >= 4 is 28.3 Å². The summed E-state index contributed by atoms with van der Waals surface area (Å²) in [5, 5.41) is 8.66. The number of methoxy groups -OCH3 is 1. The van der Waals surface area contributed by atoms with E-state index in [4.69, 9.17) is 0 Å². The van der Waals surface area contributed by atoms with Crippen molar-refractivity contribution in [3.63, 3.8) is 0 Å². The number of aromatic amines is 1. The van der Waals surface area contributed by atoms with Crippen LogP contribution in [0.15, 0.2) is 40.5 Å². The zero-order chi connectivity index (χ0) is 21.7. The number of thiazole rings is 1. The van der Waals surface area contributed by atoms with Gasteiger partial charge in [-0.2, -0.15) is 0 Å². The van der Waals surface area contributed by atoms with Gasteiger partial charge >= 0.3 is 5.97 Å². The fraction of sp³-hybridized carbons (Fsp3) is 0.300. The predicted octanol–water partition coefficient (Wildman–Crippen LogP) is 1.38. The molecule has 2 heterocycles. The first-order valence-corrected chi connectivity index (χ1v) is 10.1. The molecule has 0 radical (unpaired) electrons. The number of nitrogens with zero attached hydrogens (tertiary/aromatic N) is 3. The molecule has 0 fully saturated rings. The smallest absolute Gasteiger partial charge is 0.311 e. The van der Waals surface area contributed by atoms with Gasteiger partial charge in [-0.3, -0.25) is 19.5 Å². The fourth-order valence-electron chi connectivity index (χ4n) is 2.74. The van der Waals surface area contributed by atoms with E-state index in [9.17, 15) is 14.4 Å². The maximum Gasteiger partial charge on any atom is 0.311 e. The minimum absolute atomic E-state index is 0.0196. The lowest BCUT2D eigenvalue weighted by Crippen LogP contribution is -2.25. The van der Waals surface area contributed by atoms with Crippen molar-refractivity contribution in [2.75, 3.05) is 32.6 Å². The maximum absolute atomic E-state index is 12.4. The van der Waals surface area contributed by atoms with Crippen LogP contribution in [0.25, 0.3) is 5.69 Å². The van der Waals surface area contributed by atoms with Crippen LogP contribution in [0.4, 0.5) is 5.13 Å². The Bertz CT molecular complexity index is 1080. The second-order valence-electron chi connectivity index (χ2n) is 6.78. The number of carbonyl (C=O) groups is 2. The Morgan fingerprint density at radius 2 is 2.00 bits per heavy atom. The van der Waals surface area contributed by atoms with Gasteiger partial charge in [0.1, 0.15) is 0 Å². The van der Waals surface area contributed by atoms with Crippen LogP contribution in [0.1, 0.15) is 21.7 Å².